The Morgan fingerprint density at radius 3 is 2.29 bits per heavy atom. The van der Waals surface area contributed by atoms with Crippen molar-refractivity contribution in [3.8, 4) is 0 Å². The molecule has 10 heteroatoms. The monoisotopic (exact) mass is 660 g/mol. The molecule has 0 saturated carbocycles. The summed E-state index contributed by atoms with van der Waals surface area (Å²) >= 11 is 0. The number of hydrogen-bond donors (Lipinski definition) is 4. The highest BCUT2D eigenvalue weighted by Gasteiger charge is 2.35. The second kappa shape index (κ2) is 20.7. The number of rotatable bonds is 10. The Hall–Kier alpha value is -4.44. The number of carbonyl (C=O) groups excluding carboxylic acids is 1. The molecule has 4 rings (SSSR count). The summed E-state index contributed by atoms with van der Waals surface area (Å²) in [6.07, 6.45) is 8.75. The first-order valence-corrected chi connectivity index (χ1v) is 16.8. The summed E-state index contributed by atoms with van der Waals surface area (Å²) in [6.45, 7) is 30.3. The molecular weight excluding hydrogens is 600 g/mol. The lowest BCUT2D eigenvalue weighted by atomic mass is 9.82. The Labute approximate surface area is 289 Å². The second-order valence-corrected chi connectivity index (χ2v) is 13.1. The Kier molecular flexibility index (Phi) is 18.0. The third kappa shape index (κ3) is 13.7. The van der Waals surface area contributed by atoms with E-state index in [1.807, 2.05) is 20.0 Å². The number of amides is 1. The van der Waals surface area contributed by atoms with Crippen LogP contribution in [0.4, 0.5) is 5.69 Å². The fraction of sp³-hybridized carbons (Fsp3) is 0.474. The van der Waals surface area contributed by atoms with Gasteiger partial charge in [0.25, 0.3) is 5.91 Å². The SMILES string of the molecule is C=C(Cc1cc(N2CC[C@](C)(c3ccccc3)C2)cn2nc(C(=O)NCC)nc12)NN.C=CC=C.CCC.CCOC(=N)CC(C)(C)C. The van der Waals surface area contributed by atoms with Crippen LogP contribution in [-0.2, 0) is 16.6 Å². The summed E-state index contributed by atoms with van der Waals surface area (Å²) in [4.78, 5) is 19.1. The van der Waals surface area contributed by atoms with Crippen molar-refractivity contribution < 1.29 is 9.53 Å². The molecule has 3 aromatic rings. The van der Waals surface area contributed by atoms with Crippen LogP contribution in [0.2, 0.25) is 0 Å². The summed E-state index contributed by atoms with van der Waals surface area (Å²) < 4.78 is 6.69. The fourth-order valence-electron chi connectivity index (χ4n) is 4.92. The first kappa shape index (κ1) is 41.6. The molecule has 10 nitrogen and oxygen atoms in total. The number of hydrogen-bond acceptors (Lipinski definition) is 8. The van der Waals surface area contributed by atoms with Crippen LogP contribution in [0.3, 0.4) is 0 Å². The first-order chi connectivity index (χ1) is 22.7. The summed E-state index contributed by atoms with van der Waals surface area (Å²) in [6, 6.07) is 12.7. The Bertz CT molecular complexity index is 1450. The zero-order valence-corrected chi connectivity index (χ0v) is 30.7. The van der Waals surface area contributed by atoms with Crippen molar-refractivity contribution in [2.24, 2.45) is 11.3 Å². The lowest BCUT2D eigenvalue weighted by molar-refractivity contribution is 0.0945. The van der Waals surface area contributed by atoms with Crippen LogP contribution >= 0.6 is 0 Å². The molecule has 1 atom stereocenters. The minimum Gasteiger partial charge on any atom is -0.481 e. The Balaban J connectivity index is 0.000000564. The zero-order valence-electron chi connectivity index (χ0n) is 30.7. The maximum atomic E-state index is 12.3. The molecule has 1 aromatic carbocycles. The highest BCUT2D eigenvalue weighted by molar-refractivity contribution is 5.91. The number of fused-ring (bicyclic) bond motifs is 1. The summed E-state index contributed by atoms with van der Waals surface area (Å²) in [5, 5.41) is 14.5. The molecule has 0 radical (unpaired) electrons. The van der Waals surface area contributed by atoms with Crippen molar-refractivity contribution in [1.82, 2.24) is 25.3 Å². The number of benzene rings is 1. The molecule has 0 unspecified atom stereocenters. The quantitative estimate of drug-likeness (QED) is 0.0586. The number of nitrogens with zero attached hydrogens (tertiary/aromatic N) is 4. The van der Waals surface area contributed by atoms with Gasteiger partial charge in [-0.2, -0.15) is 0 Å². The fourth-order valence-corrected chi connectivity index (χ4v) is 4.92. The maximum absolute atomic E-state index is 12.3. The molecule has 0 bridgehead atoms. The van der Waals surface area contributed by atoms with E-state index in [0.29, 0.717) is 36.8 Å². The standard InChI is InChI=1S/C23H29N7O.C8H17NO.C4H6.C3H8/c1-4-25-22(31)20-26-21-17(12-16(2)27-24)13-19(14-30(21)28-20)29-11-10-23(3,15-29)18-8-6-5-7-9-18;1-5-10-7(9)6-8(2,3)4;1-3-4-2;1-3-2/h5-9,13-14,27H,2,4,10-12,15,24H2,1,3H3,(H,25,31);9H,5-6H2,1-4H3;3-4H,1-2H2;3H2,1-2H3/t23-;;;/m0.../s1. The van der Waals surface area contributed by atoms with Gasteiger partial charge in [-0.15, -0.1) is 5.10 Å². The van der Waals surface area contributed by atoms with Gasteiger partial charge in [-0.05, 0) is 37.3 Å². The molecule has 1 saturated heterocycles. The molecule has 0 aliphatic carbocycles. The zero-order chi connectivity index (χ0) is 36.3. The van der Waals surface area contributed by atoms with Gasteiger partial charge in [0.15, 0.2) is 11.5 Å². The number of hydrazine groups is 1. The lowest BCUT2D eigenvalue weighted by Crippen LogP contribution is -2.28. The molecule has 3 heterocycles. The van der Waals surface area contributed by atoms with Crippen molar-refractivity contribution >= 4 is 23.1 Å². The van der Waals surface area contributed by atoms with Crippen molar-refractivity contribution in [2.75, 3.05) is 31.1 Å². The number of nitrogens with two attached hydrogens (primary N) is 1. The second-order valence-electron chi connectivity index (χ2n) is 13.1. The van der Waals surface area contributed by atoms with Crippen LogP contribution in [-0.4, -0.2) is 52.6 Å². The first-order valence-electron chi connectivity index (χ1n) is 16.8. The molecule has 1 aliphatic rings. The predicted octanol–water partition coefficient (Wildman–Crippen LogP) is 7.38. The average Bonchev–Trinajstić information content (AvgIpc) is 3.67. The van der Waals surface area contributed by atoms with Gasteiger partial charge in [0.1, 0.15) is 0 Å². The lowest BCUT2D eigenvalue weighted by Gasteiger charge is -2.26. The van der Waals surface area contributed by atoms with Crippen LogP contribution in [0.15, 0.2) is 80.2 Å². The maximum Gasteiger partial charge on any atom is 0.290 e. The van der Waals surface area contributed by atoms with Gasteiger partial charge >= 0.3 is 0 Å². The van der Waals surface area contributed by atoms with E-state index in [4.69, 9.17) is 16.0 Å². The number of ether oxygens (including phenoxy) is 1. The van der Waals surface area contributed by atoms with E-state index in [1.54, 1.807) is 16.7 Å². The van der Waals surface area contributed by atoms with Gasteiger partial charge in [-0.1, -0.05) is 110 Å². The van der Waals surface area contributed by atoms with E-state index >= 15 is 0 Å². The van der Waals surface area contributed by atoms with Crippen LogP contribution in [0.5, 0.6) is 0 Å². The average molecular weight is 661 g/mol. The number of nitrogens with one attached hydrogen (secondary N) is 3. The Morgan fingerprint density at radius 1 is 1.15 bits per heavy atom. The van der Waals surface area contributed by atoms with Gasteiger partial charge in [-0.3, -0.25) is 16.0 Å². The smallest absolute Gasteiger partial charge is 0.290 e. The van der Waals surface area contributed by atoms with E-state index in [9.17, 15) is 4.79 Å². The van der Waals surface area contributed by atoms with Gasteiger partial charge in [0.05, 0.1) is 18.5 Å². The normalized spacial score (nSPS) is 15.0. The number of anilines is 1. The molecule has 5 N–H and O–H groups in total. The summed E-state index contributed by atoms with van der Waals surface area (Å²) in [5.41, 5.74) is 7.45. The van der Waals surface area contributed by atoms with Crippen LogP contribution in [0, 0.1) is 10.8 Å². The largest absolute Gasteiger partial charge is 0.481 e. The molecule has 1 fully saturated rings. The highest BCUT2D eigenvalue weighted by atomic mass is 16.5. The van der Waals surface area contributed by atoms with Crippen molar-refractivity contribution in [3.05, 3.63) is 97.1 Å². The number of pyridine rings is 1. The van der Waals surface area contributed by atoms with Crippen molar-refractivity contribution in [1.29, 1.82) is 5.41 Å². The summed E-state index contributed by atoms with van der Waals surface area (Å²) in [5.74, 6) is 5.82. The van der Waals surface area contributed by atoms with E-state index in [2.05, 4.69) is 123 Å². The van der Waals surface area contributed by atoms with Crippen molar-refractivity contribution in [2.45, 2.75) is 86.5 Å². The topological polar surface area (TPSA) is 134 Å². The third-order valence-electron chi connectivity index (χ3n) is 7.13. The molecule has 264 valence electrons. The third-order valence-corrected chi connectivity index (χ3v) is 7.13. The van der Waals surface area contributed by atoms with E-state index in [0.717, 1.165) is 37.2 Å². The van der Waals surface area contributed by atoms with E-state index in [-0.39, 0.29) is 22.6 Å². The van der Waals surface area contributed by atoms with E-state index in [1.165, 1.54) is 12.0 Å². The van der Waals surface area contributed by atoms with Crippen LogP contribution < -0.4 is 21.5 Å². The Morgan fingerprint density at radius 2 is 1.77 bits per heavy atom. The predicted molar refractivity (Wildman–Crippen MR) is 202 cm³/mol. The van der Waals surface area contributed by atoms with Gasteiger partial charge in [-0.25, -0.2) is 9.50 Å². The van der Waals surface area contributed by atoms with Gasteiger partial charge < -0.3 is 20.4 Å². The minimum absolute atomic E-state index is 0.0767. The molecule has 48 heavy (non-hydrogen) atoms. The highest BCUT2D eigenvalue weighted by Crippen LogP contribution is 2.37. The number of carbonyl (C=O) groups is 1. The molecule has 0 spiro atoms. The minimum atomic E-state index is -0.285. The van der Waals surface area contributed by atoms with Crippen molar-refractivity contribution in [3.63, 3.8) is 0 Å². The van der Waals surface area contributed by atoms with Crippen LogP contribution in [0.25, 0.3) is 5.65 Å². The van der Waals surface area contributed by atoms with Gasteiger partial charge in [0.2, 0.25) is 5.82 Å². The van der Waals surface area contributed by atoms with Crippen LogP contribution in [0.1, 0.15) is 96.4 Å². The molecule has 1 amide bonds. The molecular formula is C38H60N8O2. The number of aromatic nitrogens is 3. The number of allylic oxidation sites excluding steroid dienone is 3. The molecule has 2 aromatic heterocycles. The van der Waals surface area contributed by atoms with Gasteiger partial charge in [0, 0.05) is 49.2 Å². The molecule has 1 aliphatic heterocycles. The summed E-state index contributed by atoms with van der Waals surface area (Å²) in [7, 11) is 0. The van der Waals surface area contributed by atoms with E-state index < -0.39 is 0 Å².